The molecule has 1 aliphatic heterocycles. The monoisotopic (exact) mass is 300 g/mol. The molecule has 0 radical (unpaired) electrons. The SMILES string of the molecule is O=C(CNc1ccc(F)c(Br)c1)N1CCCC1. The lowest BCUT2D eigenvalue weighted by Crippen LogP contribution is -2.32. The van der Waals surface area contributed by atoms with Gasteiger partial charge in [-0.25, -0.2) is 4.39 Å². The first-order valence-corrected chi connectivity index (χ1v) is 6.43. The molecule has 0 spiro atoms. The molecule has 5 heteroatoms. The van der Waals surface area contributed by atoms with Crippen LogP contribution in [0.4, 0.5) is 10.1 Å². The number of benzene rings is 1. The predicted octanol–water partition coefficient (Wildman–Crippen LogP) is 2.62. The minimum Gasteiger partial charge on any atom is -0.376 e. The molecular weight excluding hydrogens is 287 g/mol. The van der Waals surface area contributed by atoms with E-state index in [2.05, 4.69) is 21.2 Å². The van der Waals surface area contributed by atoms with Crippen molar-refractivity contribution in [3.63, 3.8) is 0 Å². The highest BCUT2D eigenvalue weighted by atomic mass is 79.9. The lowest BCUT2D eigenvalue weighted by molar-refractivity contribution is -0.128. The fourth-order valence-electron chi connectivity index (χ4n) is 1.86. The Morgan fingerprint density at radius 1 is 1.41 bits per heavy atom. The highest BCUT2D eigenvalue weighted by Gasteiger charge is 2.17. The standard InChI is InChI=1S/C12H14BrFN2O/c13-10-7-9(3-4-11(10)14)15-8-12(17)16-5-1-2-6-16/h3-4,7,15H,1-2,5-6,8H2. The number of nitrogens with zero attached hydrogens (tertiary/aromatic N) is 1. The van der Waals surface area contributed by atoms with E-state index >= 15 is 0 Å². The van der Waals surface area contributed by atoms with Crippen LogP contribution in [0.3, 0.4) is 0 Å². The summed E-state index contributed by atoms with van der Waals surface area (Å²) < 4.78 is 13.4. The molecule has 0 unspecified atom stereocenters. The van der Waals surface area contributed by atoms with Gasteiger partial charge in [0, 0.05) is 18.8 Å². The molecule has 1 N–H and O–H groups in total. The van der Waals surface area contributed by atoms with Gasteiger partial charge in [0.25, 0.3) is 0 Å². The number of nitrogens with one attached hydrogen (secondary N) is 1. The molecule has 0 atom stereocenters. The summed E-state index contributed by atoms with van der Waals surface area (Å²) in [5.74, 6) is -0.204. The third-order valence-corrected chi connectivity index (χ3v) is 3.43. The average molecular weight is 301 g/mol. The van der Waals surface area contributed by atoms with Crippen molar-refractivity contribution in [2.75, 3.05) is 25.0 Å². The highest BCUT2D eigenvalue weighted by Crippen LogP contribution is 2.19. The first-order valence-electron chi connectivity index (χ1n) is 5.63. The average Bonchev–Trinajstić information content (AvgIpc) is 2.84. The van der Waals surface area contributed by atoms with Crippen molar-refractivity contribution in [2.45, 2.75) is 12.8 Å². The van der Waals surface area contributed by atoms with Gasteiger partial charge < -0.3 is 10.2 Å². The molecule has 92 valence electrons. The van der Waals surface area contributed by atoms with Crippen LogP contribution in [0.15, 0.2) is 22.7 Å². The van der Waals surface area contributed by atoms with Gasteiger partial charge in [0.1, 0.15) is 5.82 Å². The Labute approximate surface area is 108 Å². The lowest BCUT2D eigenvalue weighted by atomic mass is 10.3. The van der Waals surface area contributed by atoms with Gasteiger partial charge in [0.2, 0.25) is 5.91 Å². The van der Waals surface area contributed by atoms with E-state index in [9.17, 15) is 9.18 Å². The highest BCUT2D eigenvalue weighted by molar-refractivity contribution is 9.10. The van der Waals surface area contributed by atoms with Crippen LogP contribution in [0.5, 0.6) is 0 Å². The Morgan fingerprint density at radius 3 is 2.76 bits per heavy atom. The minimum atomic E-state index is -0.304. The topological polar surface area (TPSA) is 32.3 Å². The number of carbonyl (C=O) groups excluding carboxylic acids is 1. The van der Waals surface area contributed by atoms with E-state index in [1.165, 1.54) is 6.07 Å². The number of rotatable bonds is 3. The summed E-state index contributed by atoms with van der Waals surface area (Å²) in [5.41, 5.74) is 0.742. The summed E-state index contributed by atoms with van der Waals surface area (Å²) in [5, 5.41) is 3.00. The van der Waals surface area contributed by atoms with Crippen molar-refractivity contribution in [1.82, 2.24) is 4.90 Å². The van der Waals surface area contributed by atoms with Crippen molar-refractivity contribution in [3.05, 3.63) is 28.5 Å². The number of amides is 1. The van der Waals surface area contributed by atoms with Crippen molar-refractivity contribution in [3.8, 4) is 0 Å². The van der Waals surface area contributed by atoms with E-state index < -0.39 is 0 Å². The molecule has 0 saturated carbocycles. The number of anilines is 1. The van der Waals surface area contributed by atoms with E-state index in [4.69, 9.17) is 0 Å². The molecule has 1 aromatic carbocycles. The van der Waals surface area contributed by atoms with Gasteiger partial charge in [-0.15, -0.1) is 0 Å². The van der Waals surface area contributed by atoms with E-state index in [0.29, 0.717) is 4.47 Å². The van der Waals surface area contributed by atoms with Crippen LogP contribution in [-0.2, 0) is 4.79 Å². The van der Waals surface area contributed by atoms with Gasteiger partial charge in [0.05, 0.1) is 11.0 Å². The van der Waals surface area contributed by atoms with Crippen LogP contribution in [0, 0.1) is 5.82 Å². The molecule has 0 aromatic heterocycles. The molecule has 3 nitrogen and oxygen atoms in total. The van der Waals surface area contributed by atoms with Crippen LogP contribution in [0.2, 0.25) is 0 Å². The number of halogens is 2. The van der Waals surface area contributed by atoms with Gasteiger partial charge in [-0.05, 0) is 47.0 Å². The molecule has 1 aliphatic rings. The van der Waals surface area contributed by atoms with Crippen LogP contribution in [0.1, 0.15) is 12.8 Å². The molecule has 1 saturated heterocycles. The Hall–Kier alpha value is -1.10. The Bertz CT molecular complexity index is 419. The van der Waals surface area contributed by atoms with Crippen molar-refractivity contribution >= 4 is 27.5 Å². The zero-order valence-corrected chi connectivity index (χ0v) is 11.0. The second-order valence-electron chi connectivity index (χ2n) is 4.07. The van der Waals surface area contributed by atoms with Gasteiger partial charge >= 0.3 is 0 Å². The van der Waals surface area contributed by atoms with Gasteiger partial charge in [0.15, 0.2) is 0 Å². The normalized spacial score (nSPS) is 15.1. The van der Waals surface area contributed by atoms with Crippen molar-refractivity contribution in [1.29, 1.82) is 0 Å². The largest absolute Gasteiger partial charge is 0.376 e. The first kappa shape index (κ1) is 12.4. The summed E-state index contributed by atoms with van der Waals surface area (Å²) >= 11 is 3.11. The summed E-state index contributed by atoms with van der Waals surface area (Å²) in [6, 6.07) is 4.62. The van der Waals surface area contributed by atoms with E-state index in [0.717, 1.165) is 31.6 Å². The van der Waals surface area contributed by atoms with Gasteiger partial charge in [-0.1, -0.05) is 0 Å². The zero-order chi connectivity index (χ0) is 12.3. The van der Waals surface area contributed by atoms with Crippen LogP contribution >= 0.6 is 15.9 Å². The summed E-state index contributed by atoms with van der Waals surface area (Å²) in [6.45, 7) is 1.97. The number of hydrogen-bond donors (Lipinski definition) is 1. The van der Waals surface area contributed by atoms with E-state index in [1.54, 1.807) is 12.1 Å². The quantitative estimate of drug-likeness (QED) is 0.931. The first-order chi connectivity index (χ1) is 8.16. The minimum absolute atomic E-state index is 0.1000. The number of carbonyl (C=O) groups is 1. The molecule has 0 aliphatic carbocycles. The Kier molecular flexibility index (Phi) is 3.99. The zero-order valence-electron chi connectivity index (χ0n) is 9.38. The van der Waals surface area contributed by atoms with E-state index in [-0.39, 0.29) is 18.3 Å². The third kappa shape index (κ3) is 3.19. The van der Waals surface area contributed by atoms with Crippen molar-refractivity contribution in [2.24, 2.45) is 0 Å². The summed E-state index contributed by atoms with van der Waals surface area (Å²) in [7, 11) is 0. The van der Waals surface area contributed by atoms with Gasteiger partial charge in [-0.2, -0.15) is 0 Å². The van der Waals surface area contributed by atoms with Gasteiger partial charge in [-0.3, -0.25) is 4.79 Å². The van der Waals surface area contributed by atoms with Crippen LogP contribution in [-0.4, -0.2) is 30.4 Å². The van der Waals surface area contributed by atoms with E-state index in [1.807, 2.05) is 4.90 Å². The molecule has 1 heterocycles. The smallest absolute Gasteiger partial charge is 0.241 e. The molecular formula is C12H14BrFN2O. The Morgan fingerprint density at radius 2 is 2.12 bits per heavy atom. The number of likely N-dealkylation sites (tertiary alicyclic amines) is 1. The second-order valence-corrected chi connectivity index (χ2v) is 4.92. The summed E-state index contributed by atoms with van der Waals surface area (Å²) in [4.78, 5) is 13.6. The number of hydrogen-bond acceptors (Lipinski definition) is 2. The maximum atomic E-state index is 13.0. The molecule has 1 amide bonds. The molecule has 17 heavy (non-hydrogen) atoms. The third-order valence-electron chi connectivity index (χ3n) is 2.82. The van der Waals surface area contributed by atoms with Crippen LogP contribution < -0.4 is 5.32 Å². The predicted molar refractivity (Wildman–Crippen MR) is 68.4 cm³/mol. The fourth-order valence-corrected chi connectivity index (χ4v) is 2.24. The molecule has 1 aromatic rings. The maximum absolute atomic E-state index is 13.0. The maximum Gasteiger partial charge on any atom is 0.241 e. The molecule has 0 bridgehead atoms. The second kappa shape index (κ2) is 5.49. The fraction of sp³-hybridized carbons (Fsp3) is 0.417. The Balaban J connectivity index is 1.88. The summed E-state index contributed by atoms with van der Waals surface area (Å²) in [6.07, 6.45) is 2.18. The van der Waals surface area contributed by atoms with Crippen LogP contribution in [0.25, 0.3) is 0 Å². The lowest BCUT2D eigenvalue weighted by Gasteiger charge is -2.16. The molecule has 1 fully saturated rings. The van der Waals surface area contributed by atoms with Crippen molar-refractivity contribution < 1.29 is 9.18 Å². The molecule has 2 rings (SSSR count).